The van der Waals surface area contributed by atoms with E-state index < -0.39 is 5.41 Å². The first-order chi connectivity index (χ1) is 30.3. The van der Waals surface area contributed by atoms with Crippen molar-refractivity contribution < 1.29 is 0 Å². The third-order valence-electron chi connectivity index (χ3n) is 14.2. The van der Waals surface area contributed by atoms with Crippen LogP contribution in [0.3, 0.4) is 0 Å². The highest BCUT2D eigenvalue weighted by molar-refractivity contribution is 6.29. The molecule has 2 aliphatic carbocycles. The van der Waals surface area contributed by atoms with Crippen LogP contribution in [0.15, 0.2) is 218 Å². The van der Waals surface area contributed by atoms with E-state index in [1.165, 1.54) is 131 Å². The average Bonchev–Trinajstić information content (AvgIpc) is 3.79. The van der Waals surface area contributed by atoms with Crippen LogP contribution in [0.5, 0.6) is 0 Å². The minimum absolute atomic E-state index is 0.461. The smallest absolute Gasteiger partial charge is 0.0619 e. The van der Waals surface area contributed by atoms with Crippen molar-refractivity contribution in [3.63, 3.8) is 0 Å². The molecule has 0 nitrogen and oxygen atoms in total. The van der Waals surface area contributed by atoms with Crippen LogP contribution in [0.1, 0.15) is 22.3 Å². The molecule has 14 rings (SSSR count). The molecule has 0 fully saturated rings. The van der Waals surface area contributed by atoms with Gasteiger partial charge in [-0.05, 0) is 156 Å². The van der Waals surface area contributed by atoms with Gasteiger partial charge in [-0.2, -0.15) is 0 Å². The lowest BCUT2D eigenvalue weighted by molar-refractivity contribution is 0.795. The van der Waals surface area contributed by atoms with E-state index in [4.69, 9.17) is 0 Å². The molecule has 0 atom stereocenters. The molecule has 0 aliphatic heterocycles. The summed E-state index contributed by atoms with van der Waals surface area (Å²) in [6, 6.07) is 82.7. The lowest BCUT2D eigenvalue weighted by Gasteiger charge is -2.31. The summed E-state index contributed by atoms with van der Waals surface area (Å²) >= 11 is 0. The molecule has 2 aliphatic rings. The zero-order valence-corrected chi connectivity index (χ0v) is 33.3. The largest absolute Gasteiger partial charge is 0.0725 e. The van der Waals surface area contributed by atoms with E-state index in [2.05, 4.69) is 218 Å². The van der Waals surface area contributed by atoms with Crippen molar-refractivity contribution in [1.29, 1.82) is 0 Å². The van der Waals surface area contributed by atoms with Crippen LogP contribution >= 0.6 is 0 Å². The van der Waals surface area contributed by atoms with Gasteiger partial charge in [-0.15, -0.1) is 0 Å². The number of hydrogen-bond acceptors (Lipinski definition) is 0. The summed E-state index contributed by atoms with van der Waals surface area (Å²) < 4.78 is 0. The fraction of sp³-hybridized carbons (Fsp3) is 0.0164. The van der Waals surface area contributed by atoms with Crippen molar-refractivity contribution >= 4 is 64.6 Å². The van der Waals surface area contributed by atoms with Gasteiger partial charge in [-0.1, -0.05) is 194 Å². The third-order valence-corrected chi connectivity index (χ3v) is 14.2. The molecule has 0 saturated carbocycles. The fourth-order valence-corrected chi connectivity index (χ4v) is 11.9. The highest BCUT2D eigenvalue weighted by Crippen LogP contribution is 2.64. The molecule has 0 heterocycles. The molecule has 0 amide bonds. The predicted octanol–water partition coefficient (Wildman–Crippen LogP) is 16.3. The third kappa shape index (κ3) is 4.24. The molecular formula is C61H36. The van der Waals surface area contributed by atoms with E-state index in [0.29, 0.717) is 0 Å². The van der Waals surface area contributed by atoms with Crippen LogP contribution in [0, 0.1) is 0 Å². The second kappa shape index (κ2) is 12.1. The van der Waals surface area contributed by atoms with E-state index in [9.17, 15) is 0 Å². The van der Waals surface area contributed by atoms with Gasteiger partial charge in [0.15, 0.2) is 0 Å². The molecule has 0 unspecified atom stereocenters. The molecule has 12 aromatic carbocycles. The van der Waals surface area contributed by atoms with Gasteiger partial charge in [0, 0.05) is 0 Å². The highest BCUT2D eigenvalue weighted by atomic mass is 14.5. The Bertz CT molecular complexity index is 3840. The summed E-state index contributed by atoms with van der Waals surface area (Å²) in [5.74, 6) is 0. The molecule has 0 saturated heterocycles. The lowest BCUT2D eigenvalue weighted by Crippen LogP contribution is -2.25. The molecule has 0 aromatic heterocycles. The van der Waals surface area contributed by atoms with Crippen molar-refractivity contribution in [2.24, 2.45) is 0 Å². The minimum Gasteiger partial charge on any atom is -0.0619 e. The Morgan fingerprint density at radius 3 is 1.02 bits per heavy atom. The Morgan fingerprint density at radius 2 is 0.541 bits per heavy atom. The quantitative estimate of drug-likeness (QED) is 0.121. The van der Waals surface area contributed by atoms with Crippen molar-refractivity contribution in [3.05, 3.63) is 241 Å². The zero-order chi connectivity index (χ0) is 39.8. The maximum absolute atomic E-state index is 2.63. The normalized spacial score (nSPS) is 13.4. The summed E-state index contributed by atoms with van der Waals surface area (Å²) in [5.41, 5.74) is 15.4. The Labute approximate surface area is 353 Å². The molecule has 1 spiro atoms. The van der Waals surface area contributed by atoms with Crippen molar-refractivity contribution in [3.8, 4) is 44.5 Å². The Balaban J connectivity index is 1.23. The SMILES string of the molecule is c1ccc2c(c1)-c1ccccc1C21c2ccccc2-c2cc3c(-c4cc5ccccc5c5ccccc45)c4ccccc4c(-c4cc5ccccc5c5ccccc45)c3cc21. The number of fused-ring (bicyclic) bond motifs is 18. The van der Waals surface area contributed by atoms with Gasteiger partial charge < -0.3 is 0 Å². The number of hydrogen-bond donors (Lipinski definition) is 0. The van der Waals surface area contributed by atoms with Gasteiger partial charge in [0.1, 0.15) is 0 Å². The lowest BCUT2D eigenvalue weighted by atomic mass is 9.70. The Hall–Kier alpha value is -7.80. The molecule has 12 aromatic rings. The van der Waals surface area contributed by atoms with Crippen molar-refractivity contribution in [1.82, 2.24) is 0 Å². The first kappa shape index (κ1) is 33.1. The average molecular weight is 769 g/mol. The zero-order valence-electron chi connectivity index (χ0n) is 33.3. The first-order valence-electron chi connectivity index (χ1n) is 21.4. The van der Waals surface area contributed by atoms with Gasteiger partial charge in [0.2, 0.25) is 0 Å². The molecule has 0 N–H and O–H groups in total. The first-order valence-corrected chi connectivity index (χ1v) is 21.4. The van der Waals surface area contributed by atoms with E-state index in [1.54, 1.807) is 0 Å². The molecule has 0 radical (unpaired) electrons. The molecule has 0 bridgehead atoms. The fourth-order valence-electron chi connectivity index (χ4n) is 11.9. The Morgan fingerprint density at radius 1 is 0.197 bits per heavy atom. The number of rotatable bonds is 2. The van der Waals surface area contributed by atoms with Gasteiger partial charge in [0.25, 0.3) is 0 Å². The van der Waals surface area contributed by atoms with E-state index in [-0.39, 0.29) is 0 Å². The monoisotopic (exact) mass is 768 g/mol. The van der Waals surface area contributed by atoms with Crippen LogP contribution in [0.4, 0.5) is 0 Å². The second-order valence-electron chi connectivity index (χ2n) is 17.0. The second-order valence-corrected chi connectivity index (χ2v) is 17.0. The van der Waals surface area contributed by atoms with Gasteiger partial charge >= 0.3 is 0 Å². The molecule has 280 valence electrons. The van der Waals surface area contributed by atoms with Crippen LogP contribution in [0.2, 0.25) is 0 Å². The summed E-state index contributed by atoms with van der Waals surface area (Å²) in [7, 11) is 0. The standard InChI is InChI=1S/C61H36/c1-3-19-39-37(17-1)33-51(43-23-7-5-21-41(39)43)59-48-28-9-10-29-49(48)60(52-34-38-18-2-4-20-40(38)42-22-6-8-24-44(42)52)54-36-58-50(35-53(54)59)47-27-13-16-32-57(47)61(58)55-30-14-11-25-45(55)46-26-12-15-31-56(46)61/h1-36H. The van der Waals surface area contributed by atoms with Gasteiger partial charge in [0.05, 0.1) is 5.41 Å². The highest BCUT2D eigenvalue weighted by Gasteiger charge is 2.51. The molecule has 0 heteroatoms. The summed E-state index contributed by atoms with van der Waals surface area (Å²) in [6.07, 6.45) is 0. The van der Waals surface area contributed by atoms with Crippen molar-refractivity contribution in [2.75, 3.05) is 0 Å². The van der Waals surface area contributed by atoms with Crippen LogP contribution in [-0.2, 0) is 5.41 Å². The van der Waals surface area contributed by atoms with Crippen LogP contribution in [-0.4, -0.2) is 0 Å². The van der Waals surface area contributed by atoms with Crippen LogP contribution in [0.25, 0.3) is 109 Å². The molecule has 61 heavy (non-hydrogen) atoms. The maximum Gasteiger partial charge on any atom is 0.0725 e. The minimum atomic E-state index is -0.461. The van der Waals surface area contributed by atoms with E-state index >= 15 is 0 Å². The summed E-state index contributed by atoms with van der Waals surface area (Å²) in [5, 5.41) is 15.2. The van der Waals surface area contributed by atoms with Gasteiger partial charge in [-0.3, -0.25) is 0 Å². The predicted molar refractivity (Wildman–Crippen MR) is 259 cm³/mol. The summed E-state index contributed by atoms with van der Waals surface area (Å²) in [6.45, 7) is 0. The van der Waals surface area contributed by atoms with Crippen LogP contribution < -0.4 is 0 Å². The topological polar surface area (TPSA) is 0 Å². The molecular weight excluding hydrogens is 733 g/mol. The van der Waals surface area contributed by atoms with E-state index in [0.717, 1.165) is 0 Å². The van der Waals surface area contributed by atoms with E-state index in [1.807, 2.05) is 0 Å². The maximum atomic E-state index is 2.63. The van der Waals surface area contributed by atoms with Crippen molar-refractivity contribution in [2.45, 2.75) is 5.41 Å². The number of benzene rings is 12. The summed E-state index contributed by atoms with van der Waals surface area (Å²) in [4.78, 5) is 0. The van der Waals surface area contributed by atoms with Gasteiger partial charge in [-0.25, -0.2) is 0 Å². The Kier molecular flexibility index (Phi) is 6.58.